The molecule has 4 nitrogen and oxygen atoms in total. The van der Waals surface area contributed by atoms with E-state index >= 15 is 0 Å². The molecule has 1 unspecified atom stereocenters. The lowest BCUT2D eigenvalue weighted by Gasteiger charge is -2.16. The van der Waals surface area contributed by atoms with Crippen molar-refractivity contribution in [1.29, 1.82) is 0 Å². The first-order valence-corrected chi connectivity index (χ1v) is 8.04. The number of anilines is 1. The van der Waals surface area contributed by atoms with Crippen molar-refractivity contribution in [2.75, 3.05) is 44.5 Å². The van der Waals surface area contributed by atoms with E-state index in [0.717, 1.165) is 43.1 Å². The zero-order chi connectivity index (χ0) is 13.8. The van der Waals surface area contributed by atoms with Gasteiger partial charge >= 0.3 is 0 Å². The molecule has 0 aromatic heterocycles. The second kappa shape index (κ2) is 6.61. The summed E-state index contributed by atoms with van der Waals surface area (Å²) in [5.41, 5.74) is 7.88. The number of nitrogens with zero attached hydrogens (tertiary/aromatic N) is 2. The average molecular weight is 281 g/mol. The Balaban J connectivity index is 1.94. The Kier molecular flexibility index (Phi) is 5.10. The minimum Gasteiger partial charge on any atom is -0.610 e. The first-order valence-electron chi connectivity index (χ1n) is 6.73. The van der Waals surface area contributed by atoms with Gasteiger partial charge in [0.05, 0.1) is 5.69 Å². The third kappa shape index (κ3) is 3.63. The van der Waals surface area contributed by atoms with Gasteiger partial charge in [-0.2, -0.15) is 0 Å². The minimum atomic E-state index is -0.861. The predicted octanol–water partition coefficient (Wildman–Crippen LogP) is 1.02. The molecule has 1 aliphatic heterocycles. The summed E-state index contributed by atoms with van der Waals surface area (Å²) in [7, 11) is 4.11. The number of likely N-dealkylation sites (N-methyl/N-ethyl adjacent to an activating group) is 1. The Morgan fingerprint density at radius 2 is 2.21 bits per heavy atom. The summed E-state index contributed by atoms with van der Waals surface area (Å²) in [6, 6.07) is 6.34. The van der Waals surface area contributed by atoms with Gasteiger partial charge in [0.25, 0.3) is 0 Å². The van der Waals surface area contributed by atoms with Crippen molar-refractivity contribution in [3.05, 3.63) is 23.8 Å². The number of fused-ring (bicyclic) bond motifs is 1. The van der Waals surface area contributed by atoms with Crippen molar-refractivity contribution < 1.29 is 4.55 Å². The summed E-state index contributed by atoms with van der Waals surface area (Å²) >= 11 is -0.861. The Morgan fingerprint density at radius 1 is 1.42 bits per heavy atom. The van der Waals surface area contributed by atoms with Crippen molar-refractivity contribution in [2.24, 2.45) is 5.73 Å². The number of hydrogen-bond donors (Lipinski definition) is 1. The molecule has 0 saturated carbocycles. The highest BCUT2D eigenvalue weighted by Gasteiger charge is 2.28. The maximum Gasteiger partial charge on any atom is 0.183 e. The van der Waals surface area contributed by atoms with Crippen LogP contribution in [0.4, 0.5) is 5.69 Å². The Hall–Kier alpha value is -0.750. The summed E-state index contributed by atoms with van der Waals surface area (Å²) in [5, 5.41) is 0. The molecule has 2 rings (SSSR count). The topological polar surface area (TPSA) is 55.6 Å². The number of nitrogens with two attached hydrogens (primary N) is 1. The second-order valence-corrected chi connectivity index (χ2v) is 6.56. The van der Waals surface area contributed by atoms with Gasteiger partial charge in [-0.3, -0.25) is 0 Å². The van der Waals surface area contributed by atoms with Crippen LogP contribution < -0.4 is 10.6 Å². The van der Waals surface area contributed by atoms with Crippen molar-refractivity contribution >= 4 is 16.9 Å². The molecule has 1 atom stereocenters. The highest BCUT2D eigenvalue weighted by atomic mass is 32.2. The quantitative estimate of drug-likeness (QED) is 0.791. The molecule has 0 radical (unpaired) electrons. The van der Waals surface area contributed by atoms with Gasteiger partial charge in [-0.05, 0) is 50.7 Å². The third-order valence-electron chi connectivity index (χ3n) is 3.52. The van der Waals surface area contributed by atoms with Gasteiger partial charge in [-0.15, -0.1) is 0 Å². The van der Waals surface area contributed by atoms with Crippen LogP contribution >= 0.6 is 0 Å². The van der Waals surface area contributed by atoms with Gasteiger partial charge in [-0.25, -0.2) is 0 Å². The first kappa shape index (κ1) is 14.7. The van der Waals surface area contributed by atoms with Crippen LogP contribution in [0, 0.1) is 0 Å². The minimum absolute atomic E-state index is 0.620. The van der Waals surface area contributed by atoms with Crippen molar-refractivity contribution in [3.63, 3.8) is 0 Å². The molecule has 0 amide bonds. The van der Waals surface area contributed by atoms with E-state index in [1.54, 1.807) is 0 Å². The number of benzene rings is 1. The fourth-order valence-corrected chi connectivity index (χ4v) is 3.69. The molecule has 106 valence electrons. The van der Waals surface area contributed by atoms with Crippen LogP contribution in [-0.2, 0) is 17.6 Å². The number of rotatable bonds is 6. The summed E-state index contributed by atoms with van der Waals surface area (Å²) in [6.07, 6.45) is 2.03. The maximum atomic E-state index is 12.0. The van der Waals surface area contributed by atoms with Crippen LogP contribution in [0.2, 0.25) is 0 Å². The molecule has 1 aromatic carbocycles. The fourth-order valence-electron chi connectivity index (χ4n) is 2.32. The fraction of sp³-hybridized carbons (Fsp3) is 0.571. The number of hydrogen-bond acceptors (Lipinski definition) is 4. The van der Waals surface area contributed by atoms with Gasteiger partial charge < -0.3 is 20.1 Å². The zero-order valence-electron chi connectivity index (χ0n) is 11.8. The van der Waals surface area contributed by atoms with Gasteiger partial charge in [0.15, 0.2) is 10.8 Å². The molecule has 0 saturated heterocycles. The standard InChI is InChI=1S/C14H23N3OS/c1-16(8-3-7-15)9-6-12-4-5-13-14(10-12)19(18)11-17(13)2/h4-5,10H,3,6-9,11,15H2,1-2H3. The monoisotopic (exact) mass is 281 g/mol. The average Bonchev–Trinajstić information content (AvgIpc) is 2.69. The normalized spacial score (nSPS) is 18.2. The highest BCUT2D eigenvalue weighted by Crippen LogP contribution is 2.33. The molecule has 1 heterocycles. The SMILES string of the molecule is CN(CCCN)CCc1ccc2c(c1)[S+]([O-])CN2C. The van der Waals surface area contributed by atoms with E-state index < -0.39 is 11.2 Å². The predicted molar refractivity (Wildman–Crippen MR) is 81.0 cm³/mol. The van der Waals surface area contributed by atoms with Crippen LogP contribution in [0.1, 0.15) is 12.0 Å². The van der Waals surface area contributed by atoms with E-state index in [-0.39, 0.29) is 0 Å². The Morgan fingerprint density at radius 3 is 2.95 bits per heavy atom. The molecule has 0 aliphatic carbocycles. The largest absolute Gasteiger partial charge is 0.610 e. The Bertz CT molecular complexity index is 427. The molecule has 5 heteroatoms. The molecule has 1 aliphatic rings. The third-order valence-corrected chi connectivity index (χ3v) is 4.96. The van der Waals surface area contributed by atoms with Crippen molar-refractivity contribution in [2.45, 2.75) is 17.7 Å². The summed E-state index contributed by atoms with van der Waals surface area (Å²) in [4.78, 5) is 5.34. The molecular weight excluding hydrogens is 258 g/mol. The van der Waals surface area contributed by atoms with Crippen LogP contribution in [0.25, 0.3) is 0 Å². The van der Waals surface area contributed by atoms with Crippen LogP contribution in [0.15, 0.2) is 23.1 Å². The van der Waals surface area contributed by atoms with E-state index in [2.05, 4.69) is 35.0 Å². The van der Waals surface area contributed by atoms with Gasteiger partial charge in [0, 0.05) is 24.8 Å². The second-order valence-electron chi connectivity index (χ2n) is 5.17. The summed E-state index contributed by atoms with van der Waals surface area (Å²) in [6.45, 7) is 2.80. The van der Waals surface area contributed by atoms with Crippen LogP contribution in [0.5, 0.6) is 0 Å². The van der Waals surface area contributed by atoms with E-state index in [0.29, 0.717) is 5.88 Å². The molecule has 0 spiro atoms. The Labute approximate surface area is 118 Å². The molecule has 0 bridgehead atoms. The first-order chi connectivity index (χ1) is 9.11. The van der Waals surface area contributed by atoms with Crippen LogP contribution in [-0.4, -0.2) is 49.1 Å². The maximum absolute atomic E-state index is 12.0. The molecule has 19 heavy (non-hydrogen) atoms. The van der Waals surface area contributed by atoms with Crippen LogP contribution in [0.3, 0.4) is 0 Å². The van der Waals surface area contributed by atoms with Gasteiger partial charge in [0.2, 0.25) is 0 Å². The summed E-state index contributed by atoms with van der Waals surface area (Å²) in [5.74, 6) is 0.620. The van der Waals surface area contributed by atoms with Crippen molar-refractivity contribution in [3.8, 4) is 0 Å². The molecular formula is C14H23N3OS. The highest BCUT2D eigenvalue weighted by molar-refractivity contribution is 7.92. The van der Waals surface area contributed by atoms with E-state index in [1.807, 2.05) is 7.05 Å². The van der Waals surface area contributed by atoms with E-state index in [1.165, 1.54) is 5.56 Å². The van der Waals surface area contributed by atoms with E-state index in [9.17, 15) is 4.55 Å². The molecule has 2 N–H and O–H groups in total. The lowest BCUT2D eigenvalue weighted by Crippen LogP contribution is -2.24. The smallest absolute Gasteiger partial charge is 0.183 e. The van der Waals surface area contributed by atoms with Crippen molar-refractivity contribution in [1.82, 2.24) is 4.90 Å². The molecule has 0 fully saturated rings. The lowest BCUT2D eigenvalue weighted by atomic mass is 10.1. The van der Waals surface area contributed by atoms with Gasteiger partial charge in [-0.1, -0.05) is 6.07 Å². The zero-order valence-corrected chi connectivity index (χ0v) is 12.6. The van der Waals surface area contributed by atoms with Gasteiger partial charge in [0.1, 0.15) is 0 Å². The lowest BCUT2D eigenvalue weighted by molar-refractivity contribution is 0.335. The molecule has 1 aromatic rings. The van der Waals surface area contributed by atoms with E-state index in [4.69, 9.17) is 5.73 Å². The summed E-state index contributed by atoms with van der Waals surface area (Å²) < 4.78 is 12.0.